The molecule has 218 valence electrons. The highest BCUT2D eigenvalue weighted by molar-refractivity contribution is 7.07. The number of aromatic nitrogens is 1. The molecule has 0 spiro atoms. The Morgan fingerprint density at radius 2 is 1.63 bits per heavy atom. The van der Waals surface area contributed by atoms with Gasteiger partial charge in [-0.05, 0) is 56.2 Å². The average molecular weight is 632 g/mol. The van der Waals surface area contributed by atoms with Gasteiger partial charge in [0.25, 0.3) is 17.4 Å². The van der Waals surface area contributed by atoms with Gasteiger partial charge in [0, 0.05) is 28.7 Å². The van der Waals surface area contributed by atoms with E-state index in [1.54, 1.807) is 39.5 Å². The monoisotopic (exact) mass is 630 g/mol. The van der Waals surface area contributed by atoms with Crippen molar-refractivity contribution in [3.05, 3.63) is 130 Å². The fraction of sp³-hybridized carbons (Fsp3) is 0.212. The number of hydrogen-bond donors (Lipinski definition) is 0. The number of carbonyl (C=O) groups excluding carboxylic acids is 2. The first kappa shape index (κ1) is 29.1. The lowest BCUT2D eigenvalue weighted by Crippen LogP contribution is -2.43. The van der Waals surface area contributed by atoms with Crippen LogP contribution in [-0.4, -0.2) is 34.4 Å². The Hall–Kier alpha value is -3.98. The van der Waals surface area contributed by atoms with Crippen molar-refractivity contribution in [1.29, 1.82) is 0 Å². The molecule has 0 saturated carbocycles. The minimum Gasteiger partial charge on any atom is -0.339 e. The van der Waals surface area contributed by atoms with E-state index in [-0.39, 0.29) is 28.5 Å². The largest absolute Gasteiger partial charge is 0.339 e. The second-order valence-corrected chi connectivity index (χ2v) is 12.1. The molecule has 2 amide bonds. The molecule has 0 fully saturated rings. The molecule has 4 aromatic rings. The number of allylic oxidation sites excluding steroid dienone is 1. The van der Waals surface area contributed by atoms with E-state index in [4.69, 9.17) is 28.2 Å². The van der Waals surface area contributed by atoms with Crippen LogP contribution in [-0.2, 0) is 16.1 Å². The number of fused-ring (bicyclic) bond motifs is 2. The third-order valence-electron chi connectivity index (χ3n) is 7.90. The normalized spacial score (nSPS) is 17.1. The minimum atomic E-state index is -0.734. The maximum absolute atomic E-state index is 14.4. The van der Waals surface area contributed by atoms with Gasteiger partial charge in [0.15, 0.2) is 4.80 Å². The SMILES string of the molecule is CCN(CC)C(=O)C1=C(C)N=c2s/c(=C3\C(=O)N(Cc4ccccc4Cl)c4ccccc43)c(=O)n2[C@@H]1c1ccc(Cl)cc1. The molecule has 1 atom stereocenters. The number of likely N-dealkylation sites (N-methyl/N-ethyl adjacent to an activating group) is 1. The van der Waals surface area contributed by atoms with Crippen LogP contribution in [0.1, 0.15) is 43.5 Å². The number of nitrogens with zero attached hydrogens (tertiary/aromatic N) is 4. The standard InChI is InChI=1S/C33H28Cl2N4O3S/c1-4-37(5-2)30(40)26-19(3)36-33-39(28(26)20-14-16-22(34)17-15-20)32(42)29(43-33)27-23-11-7-9-13-25(23)38(31(27)41)18-21-10-6-8-12-24(21)35/h6-17,28H,4-5,18H2,1-3H3/b29-27-/t28-/m1/s1. The molecule has 0 radical (unpaired) electrons. The van der Waals surface area contributed by atoms with Gasteiger partial charge in [-0.3, -0.25) is 19.0 Å². The fourth-order valence-corrected chi connectivity index (χ4v) is 7.20. The van der Waals surface area contributed by atoms with Crippen molar-refractivity contribution < 1.29 is 9.59 Å². The predicted molar refractivity (Wildman–Crippen MR) is 171 cm³/mol. The van der Waals surface area contributed by atoms with Crippen molar-refractivity contribution in [2.45, 2.75) is 33.4 Å². The van der Waals surface area contributed by atoms with Crippen LogP contribution in [0.3, 0.4) is 0 Å². The number of amides is 2. The Bertz CT molecular complexity index is 1990. The van der Waals surface area contributed by atoms with Crippen LogP contribution < -0.4 is 19.8 Å². The van der Waals surface area contributed by atoms with Crippen molar-refractivity contribution in [3.63, 3.8) is 0 Å². The number of thiazole rings is 1. The number of anilines is 1. The van der Waals surface area contributed by atoms with Crippen molar-refractivity contribution in [3.8, 4) is 0 Å². The highest BCUT2D eigenvalue weighted by Gasteiger charge is 2.37. The first-order valence-electron chi connectivity index (χ1n) is 14.0. The number of benzene rings is 3. The molecule has 3 heterocycles. The summed E-state index contributed by atoms with van der Waals surface area (Å²) >= 11 is 13.8. The summed E-state index contributed by atoms with van der Waals surface area (Å²) in [6, 6.07) is 21.2. The molecule has 0 bridgehead atoms. The molecular formula is C33H28Cl2N4O3S. The van der Waals surface area contributed by atoms with E-state index in [0.717, 1.165) is 11.1 Å². The molecule has 0 unspecified atom stereocenters. The van der Waals surface area contributed by atoms with Crippen LogP contribution in [0.5, 0.6) is 0 Å². The van der Waals surface area contributed by atoms with Crippen molar-refractivity contribution >= 4 is 57.6 Å². The molecule has 43 heavy (non-hydrogen) atoms. The lowest BCUT2D eigenvalue weighted by Gasteiger charge is -2.29. The van der Waals surface area contributed by atoms with Gasteiger partial charge in [-0.25, -0.2) is 4.99 Å². The van der Waals surface area contributed by atoms with Gasteiger partial charge >= 0.3 is 0 Å². The van der Waals surface area contributed by atoms with Crippen LogP contribution in [0.25, 0.3) is 5.57 Å². The second-order valence-electron chi connectivity index (χ2n) is 10.3. The molecule has 7 nitrogen and oxygen atoms in total. The molecule has 10 heteroatoms. The van der Waals surface area contributed by atoms with Gasteiger partial charge in [0.1, 0.15) is 4.53 Å². The number of para-hydroxylation sites is 1. The van der Waals surface area contributed by atoms with Crippen molar-refractivity contribution in [2.24, 2.45) is 4.99 Å². The van der Waals surface area contributed by atoms with Crippen LogP contribution in [0.2, 0.25) is 10.0 Å². The van der Waals surface area contributed by atoms with Gasteiger partial charge in [0.2, 0.25) is 0 Å². The lowest BCUT2D eigenvalue weighted by molar-refractivity contribution is -0.127. The van der Waals surface area contributed by atoms with Gasteiger partial charge in [-0.2, -0.15) is 0 Å². The minimum absolute atomic E-state index is 0.183. The number of halogens is 2. The first-order chi connectivity index (χ1) is 20.7. The molecule has 0 saturated heterocycles. The maximum Gasteiger partial charge on any atom is 0.271 e. The molecule has 2 aliphatic heterocycles. The summed E-state index contributed by atoms with van der Waals surface area (Å²) in [6.45, 7) is 6.92. The Morgan fingerprint density at radius 1 is 0.953 bits per heavy atom. The van der Waals surface area contributed by atoms with Crippen LogP contribution >= 0.6 is 34.5 Å². The summed E-state index contributed by atoms with van der Waals surface area (Å²) in [5.41, 5.74) is 3.80. The van der Waals surface area contributed by atoms with Crippen molar-refractivity contribution in [1.82, 2.24) is 9.47 Å². The van der Waals surface area contributed by atoms with E-state index in [2.05, 4.69) is 0 Å². The predicted octanol–water partition coefficient (Wildman–Crippen LogP) is 5.33. The van der Waals surface area contributed by atoms with E-state index < -0.39 is 6.04 Å². The molecule has 0 aliphatic carbocycles. The lowest BCUT2D eigenvalue weighted by atomic mass is 9.94. The quantitative estimate of drug-likeness (QED) is 0.289. The fourth-order valence-electron chi connectivity index (χ4n) is 5.74. The van der Waals surface area contributed by atoms with Crippen LogP contribution in [0, 0.1) is 0 Å². The zero-order valence-electron chi connectivity index (χ0n) is 23.8. The van der Waals surface area contributed by atoms with Crippen LogP contribution in [0.4, 0.5) is 5.69 Å². The number of carbonyl (C=O) groups is 2. The van der Waals surface area contributed by atoms with E-state index >= 15 is 0 Å². The molecule has 0 N–H and O–H groups in total. The summed E-state index contributed by atoms with van der Waals surface area (Å²) in [7, 11) is 0. The molecular weight excluding hydrogens is 603 g/mol. The summed E-state index contributed by atoms with van der Waals surface area (Å²) in [4.78, 5) is 51.0. The third-order valence-corrected chi connectivity index (χ3v) is 9.57. The smallest absolute Gasteiger partial charge is 0.271 e. The van der Waals surface area contributed by atoms with Gasteiger partial charge < -0.3 is 9.80 Å². The number of hydrogen-bond acceptors (Lipinski definition) is 5. The third kappa shape index (κ3) is 4.93. The van der Waals surface area contributed by atoms with E-state index in [1.807, 2.05) is 68.4 Å². The van der Waals surface area contributed by atoms with E-state index in [0.29, 0.717) is 56.0 Å². The topological polar surface area (TPSA) is 75.0 Å². The van der Waals surface area contributed by atoms with Crippen LogP contribution in [0.15, 0.2) is 93.9 Å². The zero-order chi connectivity index (χ0) is 30.4. The Balaban J connectivity index is 1.58. The Morgan fingerprint density at radius 3 is 2.33 bits per heavy atom. The second kappa shape index (κ2) is 11.6. The molecule has 3 aromatic carbocycles. The van der Waals surface area contributed by atoms with Gasteiger partial charge in [0.05, 0.1) is 35.1 Å². The highest BCUT2D eigenvalue weighted by atomic mass is 35.5. The van der Waals surface area contributed by atoms with Gasteiger partial charge in [-0.1, -0.05) is 83.1 Å². The molecule has 1 aromatic heterocycles. The summed E-state index contributed by atoms with van der Waals surface area (Å²) in [5, 5.41) is 1.10. The maximum atomic E-state index is 14.4. The summed E-state index contributed by atoms with van der Waals surface area (Å²) < 4.78 is 1.83. The average Bonchev–Trinajstić information content (AvgIpc) is 3.46. The van der Waals surface area contributed by atoms with Crippen molar-refractivity contribution in [2.75, 3.05) is 18.0 Å². The van der Waals surface area contributed by atoms with E-state index in [9.17, 15) is 14.4 Å². The highest BCUT2D eigenvalue weighted by Crippen LogP contribution is 2.37. The summed E-state index contributed by atoms with van der Waals surface area (Å²) in [6.07, 6.45) is 0. The first-order valence-corrected chi connectivity index (χ1v) is 15.6. The Labute approximate surface area is 262 Å². The van der Waals surface area contributed by atoms with Gasteiger partial charge in [-0.15, -0.1) is 0 Å². The number of rotatable bonds is 6. The summed E-state index contributed by atoms with van der Waals surface area (Å²) in [5.74, 6) is -0.470. The molecule has 2 aliphatic rings. The molecule has 6 rings (SSSR count). The van der Waals surface area contributed by atoms with E-state index in [1.165, 1.54) is 11.3 Å². The Kier molecular flexibility index (Phi) is 7.85. The zero-order valence-corrected chi connectivity index (χ0v) is 26.1.